The topological polar surface area (TPSA) is 42.2 Å². The van der Waals surface area contributed by atoms with Crippen LogP contribution in [0.2, 0.25) is 0 Å². The molecular formula is C23H32FNO2. The summed E-state index contributed by atoms with van der Waals surface area (Å²) in [5, 5.41) is 8.86. The van der Waals surface area contributed by atoms with Gasteiger partial charge < -0.3 is 9.47 Å². The lowest BCUT2D eigenvalue weighted by Crippen LogP contribution is -2.28. The average molecular weight is 374 g/mol. The van der Waals surface area contributed by atoms with Crippen LogP contribution in [0.4, 0.5) is 4.39 Å². The van der Waals surface area contributed by atoms with Crippen molar-refractivity contribution in [1.29, 1.82) is 5.26 Å². The molecule has 0 amide bonds. The normalized spacial score (nSPS) is 28.6. The predicted octanol–water partition coefficient (Wildman–Crippen LogP) is 6.28. The van der Waals surface area contributed by atoms with E-state index in [1.807, 2.05) is 6.07 Å². The number of ether oxygens (including phenoxy) is 2. The maximum Gasteiger partial charge on any atom is 0.184 e. The minimum Gasteiger partial charge on any atom is -0.348 e. The summed E-state index contributed by atoms with van der Waals surface area (Å²) in [6, 6.07) is 6.44. The van der Waals surface area contributed by atoms with Crippen LogP contribution in [0, 0.1) is 29.0 Å². The summed E-state index contributed by atoms with van der Waals surface area (Å²) in [6.07, 6.45) is 12.5. The van der Waals surface area contributed by atoms with E-state index in [1.165, 1.54) is 63.5 Å². The summed E-state index contributed by atoms with van der Waals surface area (Å²) in [5.74, 6) is 1.28. The zero-order valence-electron chi connectivity index (χ0n) is 16.5. The molecular weight excluding hydrogens is 341 g/mol. The van der Waals surface area contributed by atoms with Gasteiger partial charge in [0.05, 0.1) is 18.3 Å². The minimum absolute atomic E-state index is 0.0562. The molecule has 2 unspecified atom stereocenters. The molecule has 4 heteroatoms. The highest BCUT2D eigenvalue weighted by atomic mass is 19.1. The Hall–Kier alpha value is -1.44. The van der Waals surface area contributed by atoms with Crippen molar-refractivity contribution in [2.75, 3.05) is 6.61 Å². The van der Waals surface area contributed by atoms with E-state index in [9.17, 15) is 4.39 Å². The summed E-state index contributed by atoms with van der Waals surface area (Å²) in [4.78, 5) is 0. The molecule has 1 heterocycles. The van der Waals surface area contributed by atoms with Gasteiger partial charge in [0.25, 0.3) is 0 Å². The van der Waals surface area contributed by atoms with Gasteiger partial charge in [0.15, 0.2) is 6.29 Å². The Balaban J connectivity index is 1.44. The summed E-state index contributed by atoms with van der Waals surface area (Å²) in [5.41, 5.74) is 0.716. The highest BCUT2D eigenvalue weighted by molar-refractivity contribution is 5.33. The molecule has 1 aliphatic heterocycles. The second-order valence-electron chi connectivity index (χ2n) is 8.21. The molecule has 3 nitrogen and oxygen atoms in total. The van der Waals surface area contributed by atoms with Crippen molar-refractivity contribution < 1.29 is 13.9 Å². The average Bonchev–Trinajstić information content (AvgIpc) is 2.71. The Bertz CT molecular complexity index is 634. The molecule has 2 fully saturated rings. The van der Waals surface area contributed by atoms with Gasteiger partial charge in [-0.3, -0.25) is 0 Å². The molecule has 27 heavy (non-hydrogen) atoms. The van der Waals surface area contributed by atoms with Gasteiger partial charge in [-0.2, -0.15) is 5.26 Å². The first kappa shape index (κ1) is 20.3. The zero-order chi connectivity index (χ0) is 19.1. The second-order valence-corrected chi connectivity index (χ2v) is 8.21. The molecule has 148 valence electrons. The Labute approximate surface area is 162 Å². The van der Waals surface area contributed by atoms with Crippen molar-refractivity contribution in [3.05, 3.63) is 35.1 Å². The van der Waals surface area contributed by atoms with Gasteiger partial charge in [-0.1, -0.05) is 57.9 Å². The molecule has 0 N–H and O–H groups in total. The van der Waals surface area contributed by atoms with E-state index in [0.29, 0.717) is 12.2 Å². The number of halogens is 1. The van der Waals surface area contributed by atoms with Gasteiger partial charge in [-0.05, 0) is 43.2 Å². The monoisotopic (exact) mass is 373 g/mol. The molecule has 3 rings (SSSR count). The number of hydrogen-bond donors (Lipinski definition) is 0. The van der Waals surface area contributed by atoms with Crippen molar-refractivity contribution in [2.45, 2.75) is 83.5 Å². The Kier molecular flexibility index (Phi) is 7.67. The molecule has 1 saturated heterocycles. The van der Waals surface area contributed by atoms with Crippen LogP contribution in [-0.4, -0.2) is 12.7 Å². The third kappa shape index (κ3) is 5.77. The van der Waals surface area contributed by atoms with Crippen LogP contribution in [0.15, 0.2) is 18.2 Å². The molecule has 1 aromatic rings. The number of rotatable bonds is 7. The van der Waals surface area contributed by atoms with E-state index in [-0.39, 0.29) is 11.7 Å². The SMILES string of the molecule is CCCCC1CCC(CCC2CCOC(c3ccc(C#N)c(F)c3)O2)CC1. The van der Waals surface area contributed by atoms with Crippen LogP contribution < -0.4 is 0 Å². The third-order valence-electron chi connectivity index (χ3n) is 6.24. The molecule has 2 aliphatic rings. The minimum atomic E-state index is -0.518. The first-order valence-electron chi connectivity index (χ1n) is 10.7. The molecule has 1 aromatic carbocycles. The molecule has 2 atom stereocenters. The van der Waals surface area contributed by atoms with E-state index >= 15 is 0 Å². The maximum atomic E-state index is 13.9. The van der Waals surface area contributed by atoms with Gasteiger partial charge in [0.1, 0.15) is 11.9 Å². The number of unbranched alkanes of at least 4 members (excludes halogenated alkanes) is 1. The molecule has 1 saturated carbocycles. The van der Waals surface area contributed by atoms with Crippen molar-refractivity contribution in [3.8, 4) is 6.07 Å². The zero-order valence-corrected chi connectivity index (χ0v) is 16.5. The molecule has 1 aliphatic carbocycles. The van der Waals surface area contributed by atoms with Gasteiger partial charge in [0, 0.05) is 5.56 Å². The van der Waals surface area contributed by atoms with Gasteiger partial charge in [-0.15, -0.1) is 0 Å². The standard InChI is InChI=1S/C23H32FNO2/c1-2-3-4-17-5-7-18(8-6-17)9-12-21-13-14-26-23(27-21)19-10-11-20(16-25)22(24)15-19/h10-11,15,17-18,21,23H,2-9,12-14H2,1H3. The number of nitrogens with zero attached hydrogens (tertiary/aromatic N) is 1. The van der Waals surface area contributed by atoms with E-state index < -0.39 is 12.1 Å². The van der Waals surface area contributed by atoms with E-state index in [1.54, 1.807) is 6.07 Å². The van der Waals surface area contributed by atoms with Crippen LogP contribution >= 0.6 is 0 Å². The maximum absolute atomic E-state index is 13.9. The van der Waals surface area contributed by atoms with E-state index in [0.717, 1.165) is 24.7 Å². The van der Waals surface area contributed by atoms with Crippen molar-refractivity contribution in [1.82, 2.24) is 0 Å². The quantitative estimate of drug-likeness (QED) is 0.565. The van der Waals surface area contributed by atoms with Crippen LogP contribution in [-0.2, 0) is 9.47 Å². The predicted molar refractivity (Wildman–Crippen MR) is 104 cm³/mol. The summed E-state index contributed by atoms with van der Waals surface area (Å²) >= 11 is 0. The van der Waals surface area contributed by atoms with Crippen molar-refractivity contribution in [2.24, 2.45) is 11.8 Å². The fraction of sp³-hybridized carbons (Fsp3) is 0.696. The van der Waals surface area contributed by atoms with Crippen molar-refractivity contribution in [3.63, 3.8) is 0 Å². The van der Waals surface area contributed by atoms with Crippen LogP contribution in [0.3, 0.4) is 0 Å². The summed E-state index contributed by atoms with van der Waals surface area (Å²) in [7, 11) is 0. The highest BCUT2D eigenvalue weighted by Crippen LogP contribution is 2.36. The molecule has 0 bridgehead atoms. The molecule has 0 radical (unpaired) electrons. The fourth-order valence-electron chi connectivity index (χ4n) is 4.47. The number of benzene rings is 1. The lowest BCUT2D eigenvalue weighted by molar-refractivity contribution is -0.219. The van der Waals surface area contributed by atoms with Crippen LogP contribution in [0.1, 0.15) is 88.5 Å². The van der Waals surface area contributed by atoms with E-state index in [4.69, 9.17) is 14.7 Å². The van der Waals surface area contributed by atoms with E-state index in [2.05, 4.69) is 6.92 Å². The highest BCUT2D eigenvalue weighted by Gasteiger charge is 2.27. The third-order valence-corrected chi connectivity index (χ3v) is 6.24. The largest absolute Gasteiger partial charge is 0.348 e. The van der Waals surface area contributed by atoms with Gasteiger partial charge in [0.2, 0.25) is 0 Å². The van der Waals surface area contributed by atoms with Gasteiger partial charge >= 0.3 is 0 Å². The second kappa shape index (κ2) is 10.2. The fourth-order valence-corrected chi connectivity index (χ4v) is 4.47. The molecule has 0 aromatic heterocycles. The Morgan fingerprint density at radius 1 is 1.07 bits per heavy atom. The summed E-state index contributed by atoms with van der Waals surface area (Å²) in [6.45, 7) is 2.92. The lowest BCUT2D eigenvalue weighted by atomic mass is 9.78. The van der Waals surface area contributed by atoms with Crippen LogP contribution in [0.25, 0.3) is 0 Å². The Morgan fingerprint density at radius 2 is 1.81 bits per heavy atom. The van der Waals surface area contributed by atoms with Crippen molar-refractivity contribution >= 4 is 0 Å². The van der Waals surface area contributed by atoms with Crippen LogP contribution in [0.5, 0.6) is 0 Å². The first-order valence-corrected chi connectivity index (χ1v) is 10.7. The van der Waals surface area contributed by atoms with Gasteiger partial charge in [-0.25, -0.2) is 4.39 Å². The molecule has 0 spiro atoms. The smallest absolute Gasteiger partial charge is 0.184 e. The first-order chi connectivity index (χ1) is 13.2. The number of hydrogen-bond acceptors (Lipinski definition) is 3. The lowest BCUT2D eigenvalue weighted by Gasteiger charge is -2.33. The summed E-state index contributed by atoms with van der Waals surface area (Å²) < 4.78 is 25.7. The Morgan fingerprint density at radius 3 is 2.48 bits per heavy atom. The number of nitriles is 1.